The van der Waals surface area contributed by atoms with E-state index in [4.69, 9.17) is 9.47 Å². The van der Waals surface area contributed by atoms with Crippen molar-refractivity contribution in [2.45, 2.75) is 13.8 Å². The van der Waals surface area contributed by atoms with Crippen LogP contribution in [0.5, 0.6) is 5.88 Å². The Morgan fingerprint density at radius 3 is 2.95 bits per heavy atom. The van der Waals surface area contributed by atoms with Crippen LogP contribution in [0.1, 0.15) is 23.0 Å². The molecule has 0 unspecified atom stereocenters. The van der Waals surface area contributed by atoms with Crippen LogP contribution in [0.3, 0.4) is 0 Å². The van der Waals surface area contributed by atoms with E-state index in [1.807, 2.05) is 6.07 Å². The summed E-state index contributed by atoms with van der Waals surface area (Å²) >= 11 is 0. The fourth-order valence-electron chi connectivity index (χ4n) is 1.76. The summed E-state index contributed by atoms with van der Waals surface area (Å²) in [5, 5.41) is 4.19. The first-order chi connectivity index (χ1) is 9.19. The van der Waals surface area contributed by atoms with Gasteiger partial charge in [0.25, 0.3) is 0 Å². The van der Waals surface area contributed by atoms with Gasteiger partial charge in [-0.3, -0.25) is 0 Å². The normalized spacial score (nSPS) is 10.3. The van der Waals surface area contributed by atoms with Gasteiger partial charge in [0.2, 0.25) is 5.88 Å². The zero-order valence-corrected chi connectivity index (χ0v) is 11.1. The van der Waals surface area contributed by atoms with Crippen LogP contribution >= 0.6 is 0 Å². The zero-order valence-electron chi connectivity index (χ0n) is 11.1. The largest absolute Gasteiger partial charge is 0.479 e. The van der Waals surface area contributed by atoms with E-state index in [-0.39, 0.29) is 5.97 Å². The molecule has 0 fully saturated rings. The van der Waals surface area contributed by atoms with E-state index >= 15 is 0 Å². The van der Waals surface area contributed by atoms with Crippen LogP contribution in [0.15, 0.2) is 24.5 Å². The number of carbonyl (C=O) groups is 1. The van der Waals surface area contributed by atoms with Gasteiger partial charge in [0.15, 0.2) is 0 Å². The second-order valence-corrected chi connectivity index (χ2v) is 3.81. The van der Waals surface area contributed by atoms with Gasteiger partial charge in [-0.1, -0.05) is 0 Å². The molecule has 0 saturated carbocycles. The molecule has 6 heteroatoms. The van der Waals surface area contributed by atoms with Crippen LogP contribution in [0.2, 0.25) is 0 Å². The Morgan fingerprint density at radius 1 is 1.47 bits per heavy atom. The van der Waals surface area contributed by atoms with E-state index in [1.54, 1.807) is 30.8 Å². The van der Waals surface area contributed by atoms with Gasteiger partial charge in [-0.25, -0.2) is 14.5 Å². The van der Waals surface area contributed by atoms with Crippen LogP contribution in [-0.2, 0) is 4.74 Å². The molecule has 0 saturated heterocycles. The van der Waals surface area contributed by atoms with Crippen molar-refractivity contribution in [3.63, 3.8) is 0 Å². The van der Waals surface area contributed by atoms with Crippen molar-refractivity contribution in [1.29, 1.82) is 0 Å². The predicted octanol–water partition coefficient (Wildman–Crippen LogP) is 1.76. The molecule has 0 amide bonds. The number of ether oxygens (including phenoxy) is 2. The lowest BCUT2D eigenvalue weighted by atomic mass is 10.2. The van der Waals surface area contributed by atoms with Crippen molar-refractivity contribution in [3.05, 3.63) is 35.8 Å². The SMILES string of the molecule is CCOC(=O)c1cnn(-c2cccnc2OC)c1C. The van der Waals surface area contributed by atoms with Crippen LogP contribution in [0, 0.1) is 6.92 Å². The molecule has 0 aliphatic carbocycles. The van der Waals surface area contributed by atoms with Crippen LogP contribution in [0.25, 0.3) is 5.69 Å². The quantitative estimate of drug-likeness (QED) is 0.784. The van der Waals surface area contributed by atoms with Crippen molar-refractivity contribution in [3.8, 4) is 11.6 Å². The maximum absolute atomic E-state index is 11.7. The molecular formula is C13H15N3O3. The highest BCUT2D eigenvalue weighted by Crippen LogP contribution is 2.21. The van der Waals surface area contributed by atoms with Gasteiger partial charge in [0, 0.05) is 6.20 Å². The van der Waals surface area contributed by atoms with Gasteiger partial charge in [0.1, 0.15) is 11.3 Å². The lowest BCUT2D eigenvalue weighted by molar-refractivity contribution is 0.0525. The average Bonchev–Trinajstić information content (AvgIpc) is 2.80. The molecule has 0 aliphatic heterocycles. The molecule has 0 spiro atoms. The number of esters is 1. The lowest BCUT2D eigenvalue weighted by Crippen LogP contribution is -2.07. The molecule has 100 valence electrons. The molecule has 0 radical (unpaired) electrons. The molecule has 19 heavy (non-hydrogen) atoms. The molecule has 0 atom stereocenters. The Bertz CT molecular complexity index is 593. The Labute approximate surface area is 111 Å². The summed E-state index contributed by atoms with van der Waals surface area (Å²) < 4.78 is 11.8. The van der Waals surface area contributed by atoms with Crippen LogP contribution in [0.4, 0.5) is 0 Å². The predicted molar refractivity (Wildman–Crippen MR) is 68.6 cm³/mol. The third kappa shape index (κ3) is 2.42. The Kier molecular flexibility index (Phi) is 3.79. The van der Waals surface area contributed by atoms with E-state index in [9.17, 15) is 4.79 Å². The summed E-state index contributed by atoms with van der Waals surface area (Å²) in [7, 11) is 1.54. The summed E-state index contributed by atoms with van der Waals surface area (Å²) in [4.78, 5) is 15.8. The van der Waals surface area contributed by atoms with Gasteiger partial charge >= 0.3 is 5.97 Å². The van der Waals surface area contributed by atoms with E-state index < -0.39 is 0 Å². The molecule has 0 N–H and O–H groups in total. The second kappa shape index (κ2) is 5.51. The summed E-state index contributed by atoms with van der Waals surface area (Å²) in [6.45, 7) is 3.90. The first-order valence-corrected chi connectivity index (χ1v) is 5.90. The number of nitrogens with zero attached hydrogens (tertiary/aromatic N) is 3. The fraction of sp³-hybridized carbons (Fsp3) is 0.308. The Morgan fingerprint density at radius 2 is 2.26 bits per heavy atom. The van der Waals surface area contributed by atoms with Crippen molar-refractivity contribution < 1.29 is 14.3 Å². The maximum atomic E-state index is 11.7. The van der Waals surface area contributed by atoms with E-state index in [1.165, 1.54) is 13.3 Å². The molecule has 0 bridgehead atoms. The zero-order chi connectivity index (χ0) is 13.8. The number of hydrogen-bond acceptors (Lipinski definition) is 5. The number of pyridine rings is 1. The molecule has 2 aromatic heterocycles. The number of hydrogen-bond donors (Lipinski definition) is 0. The molecule has 6 nitrogen and oxygen atoms in total. The third-order valence-electron chi connectivity index (χ3n) is 2.68. The first-order valence-electron chi connectivity index (χ1n) is 5.90. The minimum absolute atomic E-state index is 0.333. The van der Waals surface area contributed by atoms with Crippen molar-refractivity contribution in [1.82, 2.24) is 14.8 Å². The lowest BCUT2D eigenvalue weighted by Gasteiger charge is -2.08. The highest BCUT2D eigenvalue weighted by molar-refractivity contribution is 5.90. The second-order valence-electron chi connectivity index (χ2n) is 3.81. The Hall–Kier alpha value is -2.37. The van der Waals surface area contributed by atoms with Crippen molar-refractivity contribution >= 4 is 5.97 Å². The van der Waals surface area contributed by atoms with Crippen molar-refractivity contribution in [2.75, 3.05) is 13.7 Å². The van der Waals surface area contributed by atoms with Gasteiger partial charge in [-0.2, -0.15) is 5.10 Å². The van der Waals surface area contributed by atoms with Gasteiger partial charge in [0.05, 0.1) is 25.6 Å². The topological polar surface area (TPSA) is 66.2 Å². The summed E-state index contributed by atoms with van der Waals surface area (Å²) in [5.41, 5.74) is 1.80. The highest BCUT2D eigenvalue weighted by atomic mass is 16.5. The monoisotopic (exact) mass is 261 g/mol. The van der Waals surface area contributed by atoms with Crippen LogP contribution in [-0.4, -0.2) is 34.5 Å². The first kappa shape index (κ1) is 13.1. The number of aromatic nitrogens is 3. The van der Waals surface area contributed by atoms with Gasteiger partial charge in [-0.05, 0) is 26.0 Å². The minimum atomic E-state index is -0.380. The Balaban J connectivity index is 2.44. The van der Waals surface area contributed by atoms with E-state index in [2.05, 4.69) is 10.1 Å². The molecule has 2 rings (SSSR count). The summed E-state index contributed by atoms with van der Waals surface area (Å²) in [6.07, 6.45) is 3.12. The molecule has 0 aliphatic rings. The standard InChI is InChI=1S/C13H15N3O3/c1-4-19-13(17)10-8-15-16(9(10)2)11-6-5-7-14-12(11)18-3/h5-8H,4H2,1-3H3. The third-order valence-corrected chi connectivity index (χ3v) is 2.68. The van der Waals surface area contributed by atoms with E-state index in [0.29, 0.717) is 29.4 Å². The maximum Gasteiger partial charge on any atom is 0.341 e. The van der Waals surface area contributed by atoms with Gasteiger partial charge < -0.3 is 9.47 Å². The summed E-state index contributed by atoms with van der Waals surface area (Å²) in [5.74, 6) is 0.0678. The van der Waals surface area contributed by atoms with Crippen molar-refractivity contribution in [2.24, 2.45) is 0 Å². The van der Waals surface area contributed by atoms with Crippen LogP contribution < -0.4 is 4.74 Å². The average molecular weight is 261 g/mol. The summed E-state index contributed by atoms with van der Waals surface area (Å²) in [6, 6.07) is 3.60. The molecule has 2 aromatic rings. The number of carbonyl (C=O) groups excluding carboxylic acids is 1. The molecule has 0 aromatic carbocycles. The highest BCUT2D eigenvalue weighted by Gasteiger charge is 2.18. The fourth-order valence-corrected chi connectivity index (χ4v) is 1.76. The smallest absolute Gasteiger partial charge is 0.341 e. The molecule has 2 heterocycles. The number of methoxy groups -OCH3 is 1. The van der Waals surface area contributed by atoms with Gasteiger partial charge in [-0.15, -0.1) is 0 Å². The van der Waals surface area contributed by atoms with E-state index in [0.717, 1.165) is 0 Å². The molecular weight excluding hydrogens is 246 g/mol. The minimum Gasteiger partial charge on any atom is -0.479 e. The number of rotatable bonds is 4.